The number of primary sulfonamides is 2. The summed E-state index contributed by atoms with van der Waals surface area (Å²) in [6.45, 7) is 1.87. The molecule has 1 heterocycles. The van der Waals surface area contributed by atoms with Gasteiger partial charge in [0.1, 0.15) is 0 Å². The average molecular weight is 341 g/mol. The number of nitrogens with two attached hydrogens (primary N) is 2. The first-order valence-electron chi connectivity index (χ1n) is 6.17. The van der Waals surface area contributed by atoms with Gasteiger partial charge in [-0.1, -0.05) is 0 Å². The van der Waals surface area contributed by atoms with Crippen molar-refractivity contribution < 1.29 is 16.8 Å². The quantitative estimate of drug-likeness (QED) is 0.823. The van der Waals surface area contributed by atoms with E-state index < -0.39 is 20.0 Å². The molecule has 118 valence electrons. The van der Waals surface area contributed by atoms with Crippen molar-refractivity contribution in [1.82, 2.24) is 4.98 Å². The lowest BCUT2D eigenvalue weighted by molar-refractivity contribution is 0.593. The minimum absolute atomic E-state index is 0.122. The van der Waals surface area contributed by atoms with Gasteiger partial charge in [-0.25, -0.2) is 27.1 Å². The smallest absolute Gasteiger partial charge is 0.238 e. The molecule has 0 saturated carbocycles. The number of aromatic nitrogens is 1. The van der Waals surface area contributed by atoms with Gasteiger partial charge in [-0.2, -0.15) is 0 Å². The van der Waals surface area contributed by atoms with E-state index in [0.717, 1.165) is 17.7 Å². The van der Waals surface area contributed by atoms with Crippen molar-refractivity contribution in [3.63, 3.8) is 0 Å². The van der Waals surface area contributed by atoms with E-state index in [1.165, 1.54) is 6.07 Å². The molecule has 7 nitrogen and oxygen atoms in total. The fraction of sp³-hybridized carbons (Fsp3) is 0.154. The second-order valence-electron chi connectivity index (χ2n) is 4.86. The average Bonchev–Trinajstić information content (AvgIpc) is 2.36. The molecule has 0 aliphatic carbocycles. The minimum atomic E-state index is -3.99. The van der Waals surface area contributed by atoms with E-state index in [9.17, 15) is 16.8 Å². The molecule has 2 rings (SSSR count). The number of aryl methyl sites for hydroxylation is 1. The Kier molecular flexibility index (Phi) is 4.34. The topological polar surface area (TPSA) is 133 Å². The van der Waals surface area contributed by atoms with Gasteiger partial charge in [0.25, 0.3) is 0 Å². The van der Waals surface area contributed by atoms with Crippen LogP contribution in [0.1, 0.15) is 16.8 Å². The first-order chi connectivity index (χ1) is 10.1. The van der Waals surface area contributed by atoms with Crippen LogP contribution in [0.4, 0.5) is 0 Å². The van der Waals surface area contributed by atoms with Gasteiger partial charge in [0.2, 0.25) is 20.0 Å². The Morgan fingerprint density at radius 2 is 1.68 bits per heavy atom. The molecule has 2 aromatic rings. The molecule has 0 fully saturated rings. The van der Waals surface area contributed by atoms with Gasteiger partial charge in [0, 0.05) is 18.3 Å². The molecule has 0 aliphatic rings. The maximum atomic E-state index is 11.6. The Labute approximate surface area is 129 Å². The van der Waals surface area contributed by atoms with Crippen molar-refractivity contribution in [3.8, 4) is 0 Å². The highest BCUT2D eigenvalue weighted by Gasteiger charge is 2.18. The largest absolute Gasteiger partial charge is 0.261 e. The van der Waals surface area contributed by atoms with E-state index in [1.54, 1.807) is 18.3 Å². The second-order valence-corrected chi connectivity index (χ2v) is 7.95. The first-order valence-corrected chi connectivity index (χ1v) is 9.27. The van der Waals surface area contributed by atoms with Gasteiger partial charge < -0.3 is 0 Å². The van der Waals surface area contributed by atoms with Gasteiger partial charge in [-0.15, -0.1) is 0 Å². The molecule has 22 heavy (non-hydrogen) atoms. The Morgan fingerprint density at radius 1 is 1.00 bits per heavy atom. The third-order valence-corrected chi connectivity index (χ3v) is 4.93. The molecule has 4 N–H and O–H groups in total. The number of sulfonamides is 2. The maximum Gasteiger partial charge on any atom is 0.238 e. The number of rotatable bonds is 4. The van der Waals surface area contributed by atoms with Crippen molar-refractivity contribution in [2.45, 2.75) is 23.1 Å². The molecule has 0 atom stereocenters. The van der Waals surface area contributed by atoms with Crippen LogP contribution in [-0.4, -0.2) is 21.8 Å². The van der Waals surface area contributed by atoms with Crippen LogP contribution in [0.2, 0.25) is 0 Å². The highest BCUT2D eigenvalue weighted by atomic mass is 32.2. The molecule has 0 aliphatic heterocycles. The highest BCUT2D eigenvalue weighted by molar-refractivity contribution is 7.89. The van der Waals surface area contributed by atoms with Crippen molar-refractivity contribution in [3.05, 3.63) is 53.3 Å². The summed E-state index contributed by atoms with van der Waals surface area (Å²) in [4.78, 5) is 3.81. The Hall–Kier alpha value is -1.81. The zero-order chi connectivity index (χ0) is 16.5. The molecule has 0 radical (unpaired) electrons. The number of hydrogen-bond donors (Lipinski definition) is 2. The van der Waals surface area contributed by atoms with Crippen LogP contribution in [0.5, 0.6) is 0 Å². The van der Waals surface area contributed by atoms with Gasteiger partial charge in [0.15, 0.2) is 0 Å². The number of nitrogens with zero attached hydrogens (tertiary/aromatic N) is 1. The standard InChI is InChI=1S/C13H15N3O4S2/c1-9-4-5-16-11(6-9)7-10-8-12(21(14,17)18)2-3-13(10)22(15,19)20/h2-6,8H,7H2,1H3,(H2,14,17,18)(H2,15,19,20). The van der Waals surface area contributed by atoms with E-state index in [-0.39, 0.29) is 21.8 Å². The number of pyridine rings is 1. The van der Waals surface area contributed by atoms with Crippen molar-refractivity contribution in [1.29, 1.82) is 0 Å². The fourth-order valence-electron chi connectivity index (χ4n) is 2.04. The monoisotopic (exact) mass is 341 g/mol. The summed E-state index contributed by atoms with van der Waals surface area (Å²) in [5.41, 5.74) is 1.77. The molecular formula is C13H15N3O4S2. The highest BCUT2D eigenvalue weighted by Crippen LogP contribution is 2.21. The summed E-state index contributed by atoms with van der Waals surface area (Å²) in [6, 6.07) is 7.03. The van der Waals surface area contributed by atoms with Crippen molar-refractivity contribution in [2.75, 3.05) is 0 Å². The first kappa shape index (κ1) is 16.6. The lowest BCUT2D eigenvalue weighted by atomic mass is 10.1. The van der Waals surface area contributed by atoms with Gasteiger partial charge >= 0.3 is 0 Å². The molecule has 9 heteroatoms. The Bertz CT molecular complexity index is 922. The van der Waals surface area contributed by atoms with E-state index in [4.69, 9.17) is 10.3 Å². The van der Waals surface area contributed by atoms with Crippen LogP contribution in [0.3, 0.4) is 0 Å². The molecular weight excluding hydrogens is 326 g/mol. The molecule has 1 aromatic heterocycles. The lowest BCUT2D eigenvalue weighted by Gasteiger charge is -2.10. The summed E-state index contributed by atoms with van der Waals surface area (Å²) >= 11 is 0. The van der Waals surface area contributed by atoms with Crippen LogP contribution in [-0.2, 0) is 26.5 Å². The number of hydrogen-bond acceptors (Lipinski definition) is 5. The lowest BCUT2D eigenvalue weighted by Crippen LogP contribution is -2.17. The van der Waals surface area contributed by atoms with E-state index in [1.807, 2.05) is 6.92 Å². The molecule has 0 amide bonds. The van der Waals surface area contributed by atoms with Crippen LogP contribution in [0.25, 0.3) is 0 Å². The molecule has 0 bridgehead atoms. The maximum absolute atomic E-state index is 11.6. The van der Waals surface area contributed by atoms with Gasteiger partial charge in [0.05, 0.1) is 9.79 Å². The summed E-state index contributed by atoms with van der Waals surface area (Å²) in [6.07, 6.45) is 1.71. The molecule has 0 spiro atoms. The van der Waals surface area contributed by atoms with Crippen LogP contribution >= 0.6 is 0 Å². The second kappa shape index (κ2) is 5.76. The van der Waals surface area contributed by atoms with E-state index in [0.29, 0.717) is 5.69 Å². The van der Waals surface area contributed by atoms with E-state index in [2.05, 4.69) is 4.98 Å². The molecule has 1 aromatic carbocycles. The molecule has 0 unspecified atom stereocenters. The van der Waals surface area contributed by atoms with Crippen molar-refractivity contribution >= 4 is 20.0 Å². The Balaban J connectivity index is 2.60. The fourth-order valence-corrected chi connectivity index (χ4v) is 3.36. The number of benzene rings is 1. The van der Waals surface area contributed by atoms with Crippen molar-refractivity contribution in [2.24, 2.45) is 10.3 Å². The summed E-state index contributed by atoms with van der Waals surface area (Å²) < 4.78 is 46.2. The summed E-state index contributed by atoms with van der Waals surface area (Å²) in [7, 11) is -7.93. The Morgan fingerprint density at radius 3 is 2.23 bits per heavy atom. The third-order valence-electron chi connectivity index (χ3n) is 3.01. The normalized spacial score (nSPS) is 12.3. The zero-order valence-corrected chi connectivity index (χ0v) is 13.4. The SMILES string of the molecule is Cc1ccnc(Cc2cc(S(N)(=O)=O)ccc2S(N)(=O)=O)c1. The van der Waals surface area contributed by atoms with Gasteiger partial charge in [-0.3, -0.25) is 4.98 Å². The van der Waals surface area contributed by atoms with Crippen LogP contribution in [0, 0.1) is 6.92 Å². The summed E-state index contributed by atoms with van der Waals surface area (Å²) in [5.74, 6) is 0. The van der Waals surface area contributed by atoms with Crippen LogP contribution < -0.4 is 10.3 Å². The van der Waals surface area contributed by atoms with E-state index >= 15 is 0 Å². The minimum Gasteiger partial charge on any atom is -0.261 e. The third kappa shape index (κ3) is 3.89. The van der Waals surface area contributed by atoms with Gasteiger partial charge in [-0.05, 0) is 48.4 Å². The van der Waals surface area contributed by atoms with Crippen LogP contribution in [0.15, 0.2) is 46.3 Å². The predicted molar refractivity (Wildman–Crippen MR) is 81.0 cm³/mol. The molecule has 0 saturated heterocycles. The summed E-state index contributed by atoms with van der Waals surface area (Å²) in [5, 5.41) is 10.2. The predicted octanol–water partition coefficient (Wildman–Crippen LogP) is 0.276. The zero-order valence-electron chi connectivity index (χ0n) is 11.7.